The molecule has 1 aromatic rings. The van der Waals surface area contributed by atoms with E-state index in [9.17, 15) is 5.11 Å². The number of aliphatic hydroxyl groups is 1. The van der Waals surface area contributed by atoms with Gasteiger partial charge in [0, 0.05) is 17.5 Å². The van der Waals surface area contributed by atoms with Gasteiger partial charge in [0.1, 0.15) is 5.75 Å². The zero-order chi connectivity index (χ0) is 11.1. The predicted octanol–water partition coefficient (Wildman–Crippen LogP) is 3.18. The van der Waals surface area contributed by atoms with Crippen LogP contribution in [0.4, 0.5) is 0 Å². The molecule has 2 rings (SSSR count). The summed E-state index contributed by atoms with van der Waals surface area (Å²) in [6.45, 7) is 0. The van der Waals surface area contributed by atoms with Crippen molar-refractivity contribution < 1.29 is 9.84 Å². The maximum atomic E-state index is 9.82. The first-order valence-electron chi connectivity index (χ1n) is 4.78. The zero-order valence-corrected chi connectivity index (χ0v) is 10.7. The number of ether oxygens (including phenoxy) is 1. The molecule has 1 fully saturated rings. The van der Waals surface area contributed by atoms with Gasteiger partial charge in [0.05, 0.1) is 17.2 Å². The molecule has 0 heterocycles. The monoisotopic (exact) mass is 290 g/mol. The summed E-state index contributed by atoms with van der Waals surface area (Å²) in [6.07, 6.45) is 2.36. The van der Waals surface area contributed by atoms with Gasteiger partial charge in [-0.2, -0.15) is 0 Å². The molecule has 15 heavy (non-hydrogen) atoms. The number of hydrogen-bond acceptors (Lipinski definition) is 2. The number of rotatable bonds is 3. The topological polar surface area (TPSA) is 29.5 Å². The van der Waals surface area contributed by atoms with Crippen LogP contribution in [-0.4, -0.2) is 17.8 Å². The number of methoxy groups -OCH3 is 1. The first-order chi connectivity index (χ1) is 7.04. The molecule has 1 aromatic carbocycles. The van der Waals surface area contributed by atoms with Gasteiger partial charge in [-0.1, -0.05) is 11.6 Å². The molecule has 4 heteroatoms. The predicted molar refractivity (Wildman–Crippen MR) is 63.6 cm³/mol. The Bertz CT molecular complexity index is 388. The highest BCUT2D eigenvalue weighted by Gasteiger charge is 2.40. The SMILES string of the molecule is COc1cc(Cl)c(CC2(O)CC2)cc1Br. The number of halogens is 2. The summed E-state index contributed by atoms with van der Waals surface area (Å²) >= 11 is 9.51. The lowest BCUT2D eigenvalue weighted by molar-refractivity contribution is 0.151. The molecule has 1 saturated carbocycles. The van der Waals surface area contributed by atoms with Gasteiger partial charge in [0.25, 0.3) is 0 Å². The Morgan fingerprint density at radius 2 is 2.20 bits per heavy atom. The molecule has 0 atom stereocenters. The van der Waals surface area contributed by atoms with E-state index in [0.29, 0.717) is 17.2 Å². The van der Waals surface area contributed by atoms with Crippen LogP contribution in [0.1, 0.15) is 18.4 Å². The second-order valence-corrected chi connectivity index (χ2v) is 5.24. The van der Waals surface area contributed by atoms with E-state index < -0.39 is 5.60 Å². The van der Waals surface area contributed by atoms with Crippen LogP contribution in [-0.2, 0) is 6.42 Å². The van der Waals surface area contributed by atoms with Gasteiger partial charge in [-0.05, 0) is 40.4 Å². The first-order valence-corrected chi connectivity index (χ1v) is 5.95. The van der Waals surface area contributed by atoms with Crippen LogP contribution >= 0.6 is 27.5 Å². The van der Waals surface area contributed by atoms with Crippen molar-refractivity contribution >= 4 is 27.5 Å². The maximum absolute atomic E-state index is 9.82. The minimum Gasteiger partial charge on any atom is -0.496 e. The average Bonchev–Trinajstić information content (AvgIpc) is 2.89. The molecule has 1 aliphatic rings. The van der Waals surface area contributed by atoms with Gasteiger partial charge in [0.15, 0.2) is 0 Å². The molecular weight excluding hydrogens is 279 g/mol. The summed E-state index contributed by atoms with van der Waals surface area (Å²) in [5.74, 6) is 0.714. The molecule has 0 spiro atoms. The summed E-state index contributed by atoms with van der Waals surface area (Å²) in [7, 11) is 1.60. The van der Waals surface area contributed by atoms with Gasteiger partial charge in [-0.3, -0.25) is 0 Å². The van der Waals surface area contributed by atoms with Crippen molar-refractivity contribution in [2.45, 2.75) is 24.9 Å². The van der Waals surface area contributed by atoms with Crippen LogP contribution < -0.4 is 4.74 Å². The lowest BCUT2D eigenvalue weighted by Gasteiger charge is -2.12. The minimum atomic E-state index is -0.516. The molecule has 2 nitrogen and oxygen atoms in total. The molecule has 1 aliphatic carbocycles. The van der Waals surface area contributed by atoms with E-state index in [-0.39, 0.29) is 0 Å². The van der Waals surface area contributed by atoms with Crippen molar-refractivity contribution in [2.75, 3.05) is 7.11 Å². The Balaban J connectivity index is 2.28. The van der Waals surface area contributed by atoms with Crippen molar-refractivity contribution in [3.63, 3.8) is 0 Å². The lowest BCUT2D eigenvalue weighted by Crippen LogP contribution is -2.11. The Kier molecular flexibility index (Phi) is 2.97. The zero-order valence-electron chi connectivity index (χ0n) is 8.39. The summed E-state index contributed by atoms with van der Waals surface area (Å²) < 4.78 is 6.00. The Morgan fingerprint density at radius 3 is 2.73 bits per heavy atom. The van der Waals surface area contributed by atoms with Crippen LogP contribution in [0.5, 0.6) is 5.75 Å². The molecule has 0 aromatic heterocycles. The molecule has 0 saturated heterocycles. The van der Waals surface area contributed by atoms with Gasteiger partial charge in [-0.15, -0.1) is 0 Å². The van der Waals surface area contributed by atoms with Crippen LogP contribution in [0.15, 0.2) is 16.6 Å². The van der Waals surface area contributed by atoms with E-state index in [1.54, 1.807) is 13.2 Å². The van der Waals surface area contributed by atoms with E-state index >= 15 is 0 Å². The summed E-state index contributed by atoms with van der Waals surface area (Å²) in [6, 6.07) is 3.68. The fraction of sp³-hybridized carbons (Fsp3) is 0.455. The van der Waals surface area contributed by atoms with E-state index in [4.69, 9.17) is 16.3 Å². The molecule has 0 amide bonds. The largest absolute Gasteiger partial charge is 0.496 e. The van der Waals surface area contributed by atoms with Crippen molar-refractivity contribution in [1.82, 2.24) is 0 Å². The number of hydrogen-bond donors (Lipinski definition) is 1. The highest BCUT2D eigenvalue weighted by molar-refractivity contribution is 9.10. The Morgan fingerprint density at radius 1 is 1.53 bits per heavy atom. The summed E-state index contributed by atoms with van der Waals surface area (Å²) in [4.78, 5) is 0. The average molecular weight is 292 g/mol. The van der Waals surface area contributed by atoms with E-state index in [1.165, 1.54) is 0 Å². The minimum absolute atomic E-state index is 0.516. The van der Waals surface area contributed by atoms with Crippen LogP contribution in [0, 0.1) is 0 Å². The fourth-order valence-corrected chi connectivity index (χ4v) is 2.31. The molecule has 0 aliphatic heterocycles. The van der Waals surface area contributed by atoms with Crippen molar-refractivity contribution in [3.8, 4) is 5.75 Å². The molecule has 0 bridgehead atoms. The second kappa shape index (κ2) is 3.96. The van der Waals surface area contributed by atoms with Gasteiger partial charge >= 0.3 is 0 Å². The van der Waals surface area contributed by atoms with Crippen LogP contribution in [0.3, 0.4) is 0 Å². The third kappa shape index (κ3) is 2.47. The second-order valence-electron chi connectivity index (χ2n) is 3.98. The maximum Gasteiger partial charge on any atom is 0.134 e. The van der Waals surface area contributed by atoms with Crippen LogP contribution in [0.25, 0.3) is 0 Å². The molecule has 0 unspecified atom stereocenters. The van der Waals surface area contributed by atoms with E-state index in [2.05, 4.69) is 15.9 Å². The highest BCUT2D eigenvalue weighted by atomic mass is 79.9. The van der Waals surface area contributed by atoms with E-state index in [0.717, 1.165) is 22.9 Å². The smallest absolute Gasteiger partial charge is 0.134 e. The summed E-state index contributed by atoms with van der Waals surface area (Å²) in [5.41, 5.74) is 0.446. The first kappa shape index (κ1) is 11.2. The van der Waals surface area contributed by atoms with Crippen molar-refractivity contribution in [3.05, 3.63) is 27.2 Å². The molecule has 1 N–H and O–H groups in total. The van der Waals surface area contributed by atoms with Gasteiger partial charge in [-0.25, -0.2) is 0 Å². The van der Waals surface area contributed by atoms with E-state index in [1.807, 2.05) is 6.07 Å². The highest BCUT2D eigenvalue weighted by Crippen LogP contribution is 2.41. The van der Waals surface area contributed by atoms with Gasteiger partial charge < -0.3 is 9.84 Å². The Hall–Kier alpha value is -0.250. The Labute approximate surface area is 102 Å². The molecule has 0 radical (unpaired) electrons. The third-order valence-corrected chi connectivity index (χ3v) is 3.64. The van der Waals surface area contributed by atoms with Crippen molar-refractivity contribution in [1.29, 1.82) is 0 Å². The third-order valence-electron chi connectivity index (χ3n) is 2.67. The van der Waals surface area contributed by atoms with Gasteiger partial charge in [0.2, 0.25) is 0 Å². The normalized spacial score (nSPS) is 17.6. The molecule has 82 valence electrons. The van der Waals surface area contributed by atoms with Crippen LogP contribution in [0.2, 0.25) is 5.02 Å². The fourth-order valence-electron chi connectivity index (χ4n) is 1.54. The molecular formula is C11H12BrClO2. The number of benzene rings is 1. The standard InChI is InChI=1S/C11H12BrClO2/c1-15-10-5-9(13)7(4-8(10)12)6-11(14)2-3-11/h4-5,14H,2-3,6H2,1H3. The van der Waals surface area contributed by atoms with Crippen molar-refractivity contribution in [2.24, 2.45) is 0 Å². The summed E-state index contributed by atoms with van der Waals surface area (Å²) in [5, 5.41) is 10.5. The lowest BCUT2D eigenvalue weighted by atomic mass is 10.1. The quantitative estimate of drug-likeness (QED) is 0.927.